The highest BCUT2D eigenvalue weighted by atomic mass is 35.5. The van der Waals surface area contributed by atoms with Crippen molar-refractivity contribution in [3.05, 3.63) is 54.6 Å². The average molecular weight is 539 g/mol. The number of benzene rings is 1. The zero-order chi connectivity index (χ0) is 26.3. The van der Waals surface area contributed by atoms with Gasteiger partial charge >= 0.3 is 0 Å². The van der Waals surface area contributed by atoms with E-state index in [1.54, 1.807) is 18.6 Å². The number of halogens is 1. The molecule has 1 saturated carbocycles. The van der Waals surface area contributed by atoms with E-state index in [1.807, 2.05) is 36.0 Å². The minimum absolute atomic E-state index is 0.0775. The molecular formula is C28H35ClN6O3. The van der Waals surface area contributed by atoms with Gasteiger partial charge in [0.05, 0.1) is 43.6 Å². The maximum absolute atomic E-state index is 6.37. The second-order valence-corrected chi connectivity index (χ2v) is 10.3. The lowest BCUT2D eigenvalue weighted by atomic mass is 9.96. The van der Waals surface area contributed by atoms with Gasteiger partial charge in [0, 0.05) is 23.9 Å². The zero-order valence-electron chi connectivity index (χ0n) is 21.7. The van der Waals surface area contributed by atoms with Crippen molar-refractivity contribution < 1.29 is 14.2 Å². The van der Waals surface area contributed by atoms with Gasteiger partial charge < -0.3 is 24.8 Å². The second-order valence-electron chi connectivity index (χ2n) is 9.94. The average Bonchev–Trinajstić information content (AvgIpc) is 3.31. The quantitative estimate of drug-likeness (QED) is 0.300. The largest absolute Gasteiger partial charge is 0.487 e. The summed E-state index contributed by atoms with van der Waals surface area (Å²) in [5.74, 6) is 2.07. The Morgan fingerprint density at radius 1 is 1.18 bits per heavy atom. The monoisotopic (exact) mass is 538 g/mol. The van der Waals surface area contributed by atoms with Crippen LogP contribution in [0.25, 0.3) is 11.1 Å². The summed E-state index contributed by atoms with van der Waals surface area (Å²) in [7, 11) is 0. The lowest BCUT2D eigenvalue weighted by Crippen LogP contribution is -2.32. The first-order chi connectivity index (χ1) is 18.6. The smallest absolute Gasteiger partial charge is 0.256 e. The molecule has 1 aromatic carbocycles. The summed E-state index contributed by atoms with van der Waals surface area (Å²) in [6.07, 6.45) is 13.2. The molecule has 0 radical (unpaired) electrons. The van der Waals surface area contributed by atoms with E-state index >= 15 is 0 Å². The summed E-state index contributed by atoms with van der Waals surface area (Å²) in [5.41, 5.74) is 2.54. The fourth-order valence-corrected chi connectivity index (χ4v) is 4.78. The molecular weight excluding hydrogens is 504 g/mol. The number of rotatable bonds is 12. The molecule has 10 heteroatoms. The molecule has 202 valence electrons. The van der Waals surface area contributed by atoms with Crippen LogP contribution in [0.2, 0.25) is 5.02 Å². The van der Waals surface area contributed by atoms with E-state index in [0.717, 1.165) is 42.9 Å². The zero-order valence-corrected chi connectivity index (χ0v) is 22.5. The molecule has 1 saturated heterocycles. The van der Waals surface area contributed by atoms with Crippen molar-refractivity contribution in [2.75, 3.05) is 31.7 Å². The normalized spacial score (nSPS) is 16.9. The van der Waals surface area contributed by atoms with E-state index in [1.165, 1.54) is 19.3 Å². The molecule has 2 aromatic heterocycles. The minimum Gasteiger partial charge on any atom is -0.487 e. The van der Waals surface area contributed by atoms with Crippen molar-refractivity contribution in [2.24, 2.45) is 5.92 Å². The molecule has 1 aliphatic carbocycles. The van der Waals surface area contributed by atoms with Gasteiger partial charge in [-0.2, -0.15) is 0 Å². The van der Waals surface area contributed by atoms with Gasteiger partial charge in [-0.05, 0) is 43.7 Å². The van der Waals surface area contributed by atoms with Crippen LogP contribution >= 0.6 is 11.6 Å². The Morgan fingerprint density at radius 3 is 2.68 bits per heavy atom. The van der Waals surface area contributed by atoms with Crippen LogP contribution in [0.4, 0.5) is 11.6 Å². The molecule has 2 fully saturated rings. The molecule has 3 heterocycles. The summed E-state index contributed by atoms with van der Waals surface area (Å²) in [6.45, 7) is 8.32. The molecule has 0 unspecified atom stereocenters. The lowest BCUT2D eigenvalue weighted by Gasteiger charge is -2.25. The molecule has 0 bridgehead atoms. The Kier molecular flexibility index (Phi) is 8.65. The van der Waals surface area contributed by atoms with Gasteiger partial charge in [0.1, 0.15) is 17.5 Å². The van der Waals surface area contributed by atoms with Gasteiger partial charge in [-0.1, -0.05) is 43.5 Å². The van der Waals surface area contributed by atoms with Crippen molar-refractivity contribution in [3.63, 3.8) is 0 Å². The van der Waals surface area contributed by atoms with Crippen LogP contribution in [0.1, 0.15) is 45.1 Å². The van der Waals surface area contributed by atoms with Crippen LogP contribution in [0.3, 0.4) is 0 Å². The number of ether oxygens (including phenoxy) is 3. The fourth-order valence-electron chi connectivity index (χ4n) is 4.62. The first-order valence-corrected chi connectivity index (χ1v) is 13.7. The van der Waals surface area contributed by atoms with E-state index in [2.05, 4.69) is 27.2 Å². The van der Waals surface area contributed by atoms with E-state index in [0.29, 0.717) is 47.7 Å². The van der Waals surface area contributed by atoms with Crippen molar-refractivity contribution in [1.29, 1.82) is 0 Å². The van der Waals surface area contributed by atoms with Crippen molar-refractivity contribution in [2.45, 2.75) is 51.2 Å². The van der Waals surface area contributed by atoms with Gasteiger partial charge in [-0.3, -0.25) is 4.68 Å². The summed E-state index contributed by atoms with van der Waals surface area (Å²) < 4.78 is 19.4. The summed E-state index contributed by atoms with van der Waals surface area (Å²) in [6, 6.07) is 6.05. The Bertz CT molecular complexity index is 1210. The Labute approximate surface area is 228 Å². The number of aromatic nitrogens is 4. The van der Waals surface area contributed by atoms with E-state index in [9.17, 15) is 0 Å². The highest BCUT2D eigenvalue weighted by molar-refractivity contribution is 6.32. The molecule has 2 aliphatic rings. The maximum atomic E-state index is 6.37. The standard InChI is InChI=1S/C28H35ClN6O3/c1-3-30-12-19(2)38-26-11-21(9-10-24(26)29)22-13-31-28(32-14-22)33-25-15-35(23-7-5-4-6-8-23)34-27(25)37-18-20-16-36-17-20/h3,9-11,13-15,19-20,23,30H,1,4-8,12,16-18H2,2H3,(H,31,32,33)/t19-/m0/s1. The maximum Gasteiger partial charge on any atom is 0.256 e. The van der Waals surface area contributed by atoms with Crippen LogP contribution in [0.15, 0.2) is 49.6 Å². The second kappa shape index (κ2) is 12.5. The Balaban J connectivity index is 1.29. The van der Waals surface area contributed by atoms with E-state index in [-0.39, 0.29) is 6.10 Å². The third-order valence-corrected chi connectivity index (χ3v) is 7.16. The first-order valence-electron chi connectivity index (χ1n) is 13.3. The Morgan fingerprint density at radius 2 is 1.97 bits per heavy atom. The highest BCUT2D eigenvalue weighted by Gasteiger charge is 2.23. The van der Waals surface area contributed by atoms with E-state index < -0.39 is 0 Å². The number of hydrogen-bond acceptors (Lipinski definition) is 8. The Hall–Kier alpha value is -3.30. The van der Waals surface area contributed by atoms with Crippen molar-refractivity contribution >= 4 is 23.2 Å². The predicted octanol–water partition coefficient (Wildman–Crippen LogP) is 5.77. The van der Waals surface area contributed by atoms with E-state index in [4.69, 9.17) is 30.9 Å². The number of nitrogens with zero attached hydrogens (tertiary/aromatic N) is 4. The molecule has 3 aromatic rings. The SMILES string of the molecule is C=CNC[C@H](C)Oc1cc(-c2cnc(Nc3cn(C4CCCCC4)nc3OCC3COC3)nc2)ccc1Cl. The minimum atomic E-state index is -0.0775. The van der Waals surface area contributed by atoms with Crippen molar-refractivity contribution in [3.8, 4) is 22.8 Å². The van der Waals surface area contributed by atoms with Crippen LogP contribution in [-0.4, -0.2) is 52.2 Å². The molecule has 9 nitrogen and oxygen atoms in total. The topological polar surface area (TPSA) is 95.4 Å². The van der Waals surface area contributed by atoms with Gasteiger partial charge in [-0.15, -0.1) is 5.10 Å². The number of nitrogens with one attached hydrogen (secondary N) is 2. The van der Waals surface area contributed by atoms with Crippen LogP contribution in [0.5, 0.6) is 11.6 Å². The molecule has 0 amide bonds. The first kappa shape index (κ1) is 26.3. The van der Waals surface area contributed by atoms with Gasteiger partial charge in [-0.25, -0.2) is 9.97 Å². The fraction of sp³-hybridized carbons (Fsp3) is 0.464. The molecule has 1 atom stereocenters. The molecule has 1 aliphatic heterocycles. The lowest BCUT2D eigenvalue weighted by molar-refractivity contribution is -0.0514. The molecule has 5 rings (SSSR count). The predicted molar refractivity (Wildman–Crippen MR) is 148 cm³/mol. The van der Waals surface area contributed by atoms with Crippen LogP contribution in [0, 0.1) is 5.92 Å². The summed E-state index contributed by atoms with van der Waals surface area (Å²) in [4.78, 5) is 9.12. The van der Waals surface area contributed by atoms with Gasteiger partial charge in [0.25, 0.3) is 5.88 Å². The van der Waals surface area contributed by atoms with Gasteiger partial charge in [0.15, 0.2) is 0 Å². The van der Waals surface area contributed by atoms with Crippen LogP contribution < -0.4 is 20.1 Å². The summed E-state index contributed by atoms with van der Waals surface area (Å²) in [5, 5.41) is 11.7. The third kappa shape index (κ3) is 6.57. The number of hydrogen-bond donors (Lipinski definition) is 2. The molecule has 2 N–H and O–H groups in total. The number of anilines is 2. The summed E-state index contributed by atoms with van der Waals surface area (Å²) >= 11 is 6.37. The molecule has 0 spiro atoms. The highest BCUT2D eigenvalue weighted by Crippen LogP contribution is 2.34. The van der Waals surface area contributed by atoms with Gasteiger partial charge in [0.2, 0.25) is 5.95 Å². The third-order valence-electron chi connectivity index (χ3n) is 6.85. The molecule has 38 heavy (non-hydrogen) atoms. The van der Waals surface area contributed by atoms with Crippen LogP contribution in [-0.2, 0) is 4.74 Å². The van der Waals surface area contributed by atoms with Crippen molar-refractivity contribution in [1.82, 2.24) is 25.1 Å².